The number of rotatable bonds is 8. The van der Waals surface area contributed by atoms with Gasteiger partial charge in [0.25, 0.3) is 0 Å². The molecule has 0 heterocycles. The molecule has 0 aliphatic carbocycles. The van der Waals surface area contributed by atoms with Crippen molar-refractivity contribution in [3.63, 3.8) is 0 Å². The second-order valence-electron chi connectivity index (χ2n) is 4.16. The maximum Gasteiger partial charge on any atom is 0.333 e. The maximum absolute atomic E-state index is 5.71. The third kappa shape index (κ3) is 5.40. The van der Waals surface area contributed by atoms with E-state index in [2.05, 4.69) is 0 Å². The van der Waals surface area contributed by atoms with E-state index in [0.717, 1.165) is 11.1 Å². The topological polar surface area (TPSA) is 27.7 Å². The Labute approximate surface area is 121 Å². The minimum Gasteiger partial charge on any atom is -0.313 e. The van der Waals surface area contributed by atoms with Crippen LogP contribution in [0, 0.1) is 0 Å². The highest BCUT2D eigenvalue weighted by atomic mass is 31.2. The highest BCUT2D eigenvalue weighted by Gasteiger charge is 2.12. The first kappa shape index (κ1) is 15.1. The summed E-state index contributed by atoms with van der Waals surface area (Å²) in [4.78, 5) is 0. The molecule has 0 fully saturated rings. The molecule has 2 aromatic rings. The Hall–Kier alpha value is -1.25. The summed E-state index contributed by atoms with van der Waals surface area (Å²) in [6, 6.07) is 20.0. The molecule has 0 saturated carbocycles. The molecule has 0 amide bonds. The Morgan fingerprint density at radius 1 is 0.700 bits per heavy atom. The zero-order valence-electron chi connectivity index (χ0n) is 11.6. The average Bonchev–Trinajstić information content (AvgIpc) is 2.52. The molecule has 106 valence electrons. The Bertz CT molecular complexity index is 432. The van der Waals surface area contributed by atoms with Crippen LogP contribution in [-0.2, 0) is 26.8 Å². The van der Waals surface area contributed by atoms with E-state index < -0.39 is 8.60 Å². The third-order valence-corrected chi connectivity index (χ3v) is 3.74. The van der Waals surface area contributed by atoms with E-state index in [1.54, 1.807) is 0 Å². The summed E-state index contributed by atoms with van der Waals surface area (Å²) in [7, 11) is -1.31. The zero-order chi connectivity index (χ0) is 14.0. The van der Waals surface area contributed by atoms with Gasteiger partial charge in [0.1, 0.15) is 0 Å². The van der Waals surface area contributed by atoms with Gasteiger partial charge in [-0.25, -0.2) is 0 Å². The smallest absolute Gasteiger partial charge is 0.313 e. The van der Waals surface area contributed by atoms with Crippen molar-refractivity contribution in [1.29, 1.82) is 0 Å². The molecule has 0 bridgehead atoms. The fourth-order valence-electron chi connectivity index (χ4n) is 1.62. The molecule has 0 saturated heterocycles. The van der Waals surface area contributed by atoms with Crippen LogP contribution in [0.15, 0.2) is 60.7 Å². The van der Waals surface area contributed by atoms with Crippen molar-refractivity contribution in [1.82, 2.24) is 0 Å². The summed E-state index contributed by atoms with van der Waals surface area (Å²) >= 11 is 0. The molecule has 0 radical (unpaired) electrons. The lowest BCUT2D eigenvalue weighted by Crippen LogP contribution is -1.97. The highest BCUT2D eigenvalue weighted by molar-refractivity contribution is 7.41. The van der Waals surface area contributed by atoms with Crippen LogP contribution < -0.4 is 0 Å². The summed E-state index contributed by atoms with van der Waals surface area (Å²) in [6.45, 7) is 3.52. The van der Waals surface area contributed by atoms with E-state index in [9.17, 15) is 0 Å². The van der Waals surface area contributed by atoms with Gasteiger partial charge in [0.2, 0.25) is 0 Å². The molecule has 2 aromatic carbocycles. The molecule has 0 spiro atoms. The molecule has 20 heavy (non-hydrogen) atoms. The van der Waals surface area contributed by atoms with E-state index in [1.807, 2.05) is 67.6 Å². The third-order valence-electron chi connectivity index (χ3n) is 2.59. The molecule has 0 aliphatic heterocycles. The molecule has 0 aromatic heterocycles. The zero-order valence-corrected chi connectivity index (χ0v) is 12.5. The van der Waals surface area contributed by atoms with Crippen molar-refractivity contribution in [3.05, 3.63) is 71.8 Å². The number of hydrogen-bond donors (Lipinski definition) is 0. The summed E-state index contributed by atoms with van der Waals surface area (Å²) < 4.78 is 16.9. The van der Waals surface area contributed by atoms with Gasteiger partial charge >= 0.3 is 8.60 Å². The number of hydrogen-bond acceptors (Lipinski definition) is 3. The quantitative estimate of drug-likeness (QED) is 0.660. The summed E-state index contributed by atoms with van der Waals surface area (Å²) in [5.41, 5.74) is 2.23. The first-order valence-corrected chi connectivity index (χ1v) is 7.74. The monoisotopic (exact) mass is 290 g/mol. The van der Waals surface area contributed by atoms with E-state index in [4.69, 9.17) is 13.6 Å². The van der Waals surface area contributed by atoms with Crippen molar-refractivity contribution in [2.45, 2.75) is 20.1 Å². The fourth-order valence-corrected chi connectivity index (χ4v) is 2.56. The fraction of sp³-hybridized carbons (Fsp3) is 0.250. The van der Waals surface area contributed by atoms with Crippen molar-refractivity contribution in [3.8, 4) is 0 Å². The lowest BCUT2D eigenvalue weighted by molar-refractivity contribution is 0.154. The van der Waals surface area contributed by atoms with Crippen LogP contribution in [0.4, 0.5) is 0 Å². The molecule has 3 nitrogen and oxygen atoms in total. The lowest BCUT2D eigenvalue weighted by Gasteiger charge is -2.16. The molecule has 0 atom stereocenters. The van der Waals surface area contributed by atoms with Gasteiger partial charge in [0.05, 0.1) is 19.8 Å². The van der Waals surface area contributed by atoms with Crippen LogP contribution in [0.25, 0.3) is 0 Å². The molecule has 0 N–H and O–H groups in total. The Morgan fingerprint density at radius 3 is 1.55 bits per heavy atom. The Kier molecular flexibility index (Phi) is 6.69. The van der Waals surface area contributed by atoms with Gasteiger partial charge in [-0.15, -0.1) is 0 Å². The Morgan fingerprint density at radius 2 is 1.15 bits per heavy atom. The van der Waals surface area contributed by atoms with Crippen LogP contribution >= 0.6 is 8.60 Å². The lowest BCUT2D eigenvalue weighted by atomic mass is 10.2. The van der Waals surface area contributed by atoms with Crippen LogP contribution in [0.5, 0.6) is 0 Å². The first-order chi connectivity index (χ1) is 9.88. The molecular weight excluding hydrogens is 271 g/mol. The van der Waals surface area contributed by atoms with Crippen molar-refractivity contribution >= 4 is 8.60 Å². The molecule has 4 heteroatoms. The summed E-state index contributed by atoms with van der Waals surface area (Å²) in [5.74, 6) is 0. The predicted octanol–water partition coefficient (Wildman–Crippen LogP) is 4.68. The van der Waals surface area contributed by atoms with Gasteiger partial charge in [-0.2, -0.15) is 0 Å². The normalized spacial score (nSPS) is 10.9. The highest BCUT2D eigenvalue weighted by Crippen LogP contribution is 2.41. The largest absolute Gasteiger partial charge is 0.333 e. The summed E-state index contributed by atoms with van der Waals surface area (Å²) in [6.07, 6.45) is 0. The summed E-state index contributed by atoms with van der Waals surface area (Å²) in [5, 5.41) is 0. The maximum atomic E-state index is 5.71. The molecular formula is C16H19O3P. The average molecular weight is 290 g/mol. The van der Waals surface area contributed by atoms with Crippen LogP contribution in [0.1, 0.15) is 18.1 Å². The van der Waals surface area contributed by atoms with E-state index >= 15 is 0 Å². The Balaban J connectivity index is 1.81. The molecule has 0 unspecified atom stereocenters. The SMILES string of the molecule is CCOP(OCc1ccccc1)OCc1ccccc1. The van der Waals surface area contributed by atoms with Gasteiger partial charge in [-0.3, -0.25) is 0 Å². The van der Waals surface area contributed by atoms with Crippen LogP contribution in [-0.4, -0.2) is 6.61 Å². The molecule has 2 rings (SSSR count). The van der Waals surface area contributed by atoms with Gasteiger partial charge in [0.15, 0.2) is 0 Å². The van der Waals surface area contributed by atoms with Crippen LogP contribution in [0.2, 0.25) is 0 Å². The number of benzene rings is 2. The predicted molar refractivity (Wildman–Crippen MR) is 81.0 cm³/mol. The minimum atomic E-state index is -1.31. The van der Waals surface area contributed by atoms with Gasteiger partial charge in [0, 0.05) is 0 Å². The first-order valence-electron chi connectivity index (χ1n) is 6.65. The van der Waals surface area contributed by atoms with Crippen molar-refractivity contribution < 1.29 is 13.6 Å². The van der Waals surface area contributed by atoms with Crippen LogP contribution in [0.3, 0.4) is 0 Å². The standard InChI is InChI=1S/C16H19O3P/c1-2-17-20(18-13-15-9-5-3-6-10-15)19-14-16-11-7-4-8-12-16/h3-12H,2,13-14H2,1H3. The van der Waals surface area contributed by atoms with Gasteiger partial charge in [-0.05, 0) is 18.1 Å². The second kappa shape index (κ2) is 8.83. The van der Waals surface area contributed by atoms with Crippen molar-refractivity contribution in [2.24, 2.45) is 0 Å². The molecule has 0 aliphatic rings. The van der Waals surface area contributed by atoms with E-state index in [0.29, 0.717) is 19.8 Å². The van der Waals surface area contributed by atoms with E-state index in [1.165, 1.54) is 0 Å². The van der Waals surface area contributed by atoms with E-state index in [-0.39, 0.29) is 0 Å². The van der Waals surface area contributed by atoms with Gasteiger partial charge < -0.3 is 13.6 Å². The minimum absolute atomic E-state index is 0.501. The van der Waals surface area contributed by atoms with Crippen molar-refractivity contribution in [2.75, 3.05) is 6.61 Å². The second-order valence-corrected chi connectivity index (χ2v) is 5.38. The van der Waals surface area contributed by atoms with Gasteiger partial charge in [-0.1, -0.05) is 60.7 Å².